The van der Waals surface area contributed by atoms with Crippen LogP contribution in [0.1, 0.15) is 37.6 Å². The molecular weight excluding hydrogens is 446 g/mol. The van der Waals surface area contributed by atoms with Gasteiger partial charge in [-0.1, -0.05) is 6.07 Å². The topological polar surface area (TPSA) is 88.1 Å². The van der Waals surface area contributed by atoms with Gasteiger partial charge in [0.1, 0.15) is 0 Å². The van der Waals surface area contributed by atoms with E-state index in [-0.39, 0.29) is 11.8 Å². The van der Waals surface area contributed by atoms with Crippen LogP contribution in [0.15, 0.2) is 60.4 Å². The van der Waals surface area contributed by atoms with Crippen LogP contribution in [-0.2, 0) is 24.3 Å². The van der Waals surface area contributed by atoms with E-state index in [1.54, 1.807) is 41.9 Å². The molecule has 0 saturated heterocycles. The van der Waals surface area contributed by atoms with Crippen molar-refractivity contribution in [2.75, 3.05) is 6.54 Å². The summed E-state index contributed by atoms with van der Waals surface area (Å²) in [7, 11) is 0. The highest BCUT2D eigenvalue weighted by Gasteiger charge is 2.25. The lowest BCUT2D eigenvalue weighted by molar-refractivity contribution is -0.116. The number of aryl methyl sites for hydroxylation is 1. The average molecular weight is 470 g/mol. The summed E-state index contributed by atoms with van der Waals surface area (Å²) >= 11 is 1.59. The van der Waals surface area contributed by atoms with E-state index in [2.05, 4.69) is 20.3 Å². The van der Waals surface area contributed by atoms with Crippen molar-refractivity contribution in [1.29, 1.82) is 0 Å². The largest absolute Gasteiger partial charge is 0.348 e. The Balaban J connectivity index is 1.29. The Morgan fingerprint density at radius 3 is 2.82 bits per heavy atom. The van der Waals surface area contributed by atoms with Crippen LogP contribution >= 0.6 is 11.3 Å². The van der Waals surface area contributed by atoms with Gasteiger partial charge >= 0.3 is 0 Å². The van der Waals surface area contributed by atoms with Crippen LogP contribution in [0.4, 0.5) is 0 Å². The van der Waals surface area contributed by atoms with Crippen LogP contribution in [0.3, 0.4) is 0 Å². The summed E-state index contributed by atoms with van der Waals surface area (Å²) in [6.07, 6.45) is 9.19. The van der Waals surface area contributed by atoms with Gasteiger partial charge in [0.05, 0.1) is 11.0 Å². The number of amides is 2. The fourth-order valence-electron chi connectivity index (χ4n) is 4.19. The molecule has 0 saturated carbocycles. The second-order valence-corrected chi connectivity index (χ2v) is 9.11. The number of hydrogen-bond acceptors (Lipinski definition) is 6. The molecular formula is C26H23N5O2S. The van der Waals surface area contributed by atoms with Crippen LogP contribution in [0.25, 0.3) is 17.1 Å². The Kier molecular flexibility index (Phi) is 6.14. The molecule has 8 heteroatoms. The summed E-state index contributed by atoms with van der Waals surface area (Å²) in [5.41, 5.74) is 6.18. The molecule has 1 aliphatic rings. The fourth-order valence-corrected chi connectivity index (χ4v) is 4.81. The van der Waals surface area contributed by atoms with Crippen molar-refractivity contribution in [2.45, 2.75) is 26.4 Å². The van der Waals surface area contributed by atoms with Gasteiger partial charge in [-0.3, -0.25) is 24.5 Å². The number of nitrogens with one attached hydrogen (secondary N) is 1. The van der Waals surface area contributed by atoms with E-state index in [4.69, 9.17) is 0 Å². The third-order valence-electron chi connectivity index (χ3n) is 5.98. The van der Waals surface area contributed by atoms with E-state index in [9.17, 15) is 9.59 Å². The van der Waals surface area contributed by atoms with E-state index in [0.29, 0.717) is 37.1 Å². The highest BCUT2D eigenvalue weighted by Crippen LogP contribution is 2.25. The highest BCUT2D eigenvalue weighted by atomic mass is 32.1. The van der Waals surface area contributed by atoms with Crippen molar-refractivity contribution in [3.05, 3.63) is 93.2 Å². The lowest BCUT2D eigenvalue weighted by Crippen LogP contribution is -2.37. The predicted molar refractivity (Wildman–Crippen MR) is 132 cm³/mol. The van der Waals surface area contributed by atoms with Crippen molar-refractivity contribution in [3.63, 3.8) is 0 Å². The van der Waals surface area contributed by atoms with E-state index in [1.165, 1.54) is 5.56 Å². The molecule has 0 unspecified atom stereocenters. The molecule has 4 heterocycles. The molecule has 34 heavy (non-hydrogen) atoms. The molecule has 0 bridgehead atoms. The molecule has 1 aliphatic heterocycles. The van der Waals surface area contributed by atoms with Gasteiger partial charge in [-0.25, -0.2) is 0 Å². The first-order valence-corrected chi connectivity index (χ1v) is 11.9. The van der Waals surface area contributed by atoms with Gasteiger partial charge in [0.2, 0.25) is 5.91 Å². The van der Waals surface area contributed by atoms with Crippen molar-refractivity contribution in [2.24, 2.45) is 0 Å². The minimum Gasteiger partial charge on any atom is -0.348 e. The average Bonchev–Trinajstić information content (AvgIpc) is 3.39. The molecule has 2 amide bonds. The molecule has 3 aromatic heterocycles. The van der Waals surface area contributed by atoms with Crippen LogP contribution in [0.2, 0.25) is 0 Å². The van der Waals surface area contributed by atoms with Gasteiger partial charge in [0, 0.05) is 60.4 Å². The summed E-state index contributed by atoms with van der Waals surface area (Å²) in [5, 5.41) is 4.95. The molecule has 0 spiro atoms. The molecule has 1 aromatic carbocycles. The number of hydrogen-bond donors (Lipinski definition) is 1. The van der Waals surface area contributed by atoms with Crippen LogP contribution in [0.5, 0.6) is 0 Å². The van der Waals surface area contributed by atoms with Gasteiger partial charge in [0.15, 0.2) is 0 Å². The number of pyridine rings is 1. The second kappa shape index (κ2) is 9.52. The lowest BCUT2D eigenvalue weighted by Gasteiger charge is -2.30. The number of benzene rings is 1. The maximum atomic E-state index is 13.2. The molecule has 0 aliphatic carbocycles. The first kappa shape index (κ1) is 21.9. The van der Waals surface area contributed by atoms with Crippen LogP contribution < -0.4 is 5.32 Å². The summed E-state index contributed by atoms with van der Waals surface area (Å²) < 4.78 is 0. The molecule has 7 nitrogen and oxygen atoms in total. The second-order valence-electron chi connectivity index (χ2n) is 8.13. The summed E-state index contributed by atoms with van der Waals surface area (Å²) in [6.45, 7) is 3.45. The zero-order valence-electron chi connectivity index (χ0n) is 18.7. The molecule has 0 fully saturated rings. The zero-order chi connectivity index (χ0) is 23.5. The van der Waals surface area contributed by atoms with Crippen molar-refractivity contribution < 1.29 is 9.59 Å². The van der Waals surface area contributed by atoms with E-state index < -0.39 is 0 Å². The van der Waals surface area contributed by atoms with Crippen molar-refractivity contribution >= 4 is 40.3 Å². The highest BCUT2D eigenvalue weighted by molar-refractivity contribution is 7.10. The predicted octanol–water partition coefficient (Wildman–Crippen LogP) is 3.92. The van der Waals surface area contributed by atoms with Crippen LogP contribution in [-0.4, -0.2) is 38.2 Å². The van der Waals surface area contributed by atoms with Crippen LogP contribution in [0, 0.1) is 6.92 Å². The smallest absolute Gasteiger partial charge is 0.254 e. The Morgan fingerprint density at radius 2 is 2.00 bits per heavy atom. The number of rotatable bonds is 5. The number of nitrogens with zero attached hydrogens (tertiary/aromatic N) is 4. The van der Waals surface area contributed by atoms with Gasteiger partial charge in [-0.2, -0.15) is 0 Å². The maximum absolute atomic E-state index is 13.2. The van der Waals surface area contributed by atoms with Gasteiger partial charge in [-0.05, 0) is 65.8 Å². The Morgan fingerprint density at radius 1 is 1.15 bits per heavy atom. The third kappa shape index (κ3) is 4.58. The molecule has 1 N–H and O–H groups in total. The van der Waals surface area contributed by atoms with Crippen molar-refractivity contribution in [1.82, 2.24) is 25.2 Å². The summed E-state index contributed by atoms with van der Waals surface area (Å²) in [6, 6.07) is 9.33. The molecule has 4 aromatic rings. The van der Waals surface area contributed by atoms with Crippen molar-refractivity contribution in [3.8, 4) is 0 Å². The third-order valence-corrected chi connectivity index (χ3v) is 6.82. The van der Waals surface area contributed by atoms with E-state index >= 15 is 0 Å². The molecule has 0 atom stereocenters. The minimum atomic E-state index is -0.141. The van der Waals surface area contributed by atoms with E-state index in [0.717, 1.165) is 27.2 Å². The Bertz CT molecular complexity index is 1400. The Labute approximate surface area is 201 Å². The standard InChI is InChI=1S/C26H23N5O2S/c1-17-22(15-30-25(32)7-5-20-3-2-12-34-20)21-8-11-31(16-19(21)14-29-17)26(33)18-4-6-23-24(13-18)28-10-9-27-23/h2-7,9-10,12-14H,8,11,15-16H2,1H3,(H,30,32). The quantitative estimate of drug-likeness (QED) is 0.448. The maximum Gasteiger partial charge on any atom is 0.254 e. The Hall–Kier alpha value is -3.91. The number of fused-ring (bicyclic) bond motifs is 2. The number of aromatic nitrogens is 3. The van der Waals surface area contributed by atoms with Gasteiger partial charge in [-0.15, -0.1) is 11.3 Å². The lowest BCUT2D eigenvalue weighted by atomic mass is 9.94. The fraction of sp³-hybridized carbons (Fsp3) is 0.192. The number of carbonyl (C=O) groups is 2. The SMILES string of the molecule is Cc1ncc2c(c1CNC(=O)C=Cc1cccs1)CCN(C(=O)c1ccc3nccnc3c1)C2. The molecule has 170 valence electrons. The number of thiophene rings is 1. The molecule has 5 rings (SSSR count). The first-order chi connectivity index (χ1) is 16.6. The molecule has 0 radical (unpaired) electrons. The zero-order valence-corrected chi connectivity index (χ0v) is 19.5. The van der Waals surface area contributed by atoms with Gasteiger partial charge in [0.25, 0.3) is 5.91 Å². The summed E-state index contributed by atoms with van der Waals surface area (Å²) in [5.74, 6) is -0.176. The minimum absolute atomic E-state index is 0.0349. The van der Waals surface area contributed by atoms with Gasteiger partial charge < -0.3 is 10.2 Å². The monoisotopic (exact) mass is 469 g/mol. The number of carbonyl (C=O) groups excluding carboxylic acids is 2. The first-order valence-electron chi connectivity index (χ1n) is 11.0. The normalized spacial score (nSPS) is 13.3. The van der Waals surface area contributed by atoms with E-state index in [1.807, 2.05) is 47.7 Å². The summed E-state index contributed by atoms with van der Waals surface area (Å²) in [4.78, 5) is 41.5.